The minimum Gasteiger partial charge on any atom is -0.449 e. The number of halogens is 2. The minimum atomic E-state index is -0.730. The molecule has 162 valence electrons. The van der Waals surface area contributed by atoms with Crippen molar-refractivity contribution >= 4 is 11.8 Å². The Bertz CT molecular complexity index is 1100. The highest BCUT2D eigenvalue weighted by molar-refractivity contribution is 5.84. The van der Waals surface area contributed by atoms with Crippen LogP contribution in [0.1, 0.15) is 12.0 Å². The second kappa shape index (κ2) is 10.4. The zero-order valence-corrected chi connectivity index (χ0v) is 16.9. The van der Waals surface area contributed by atoms with E-state index in [-0.39, 0.29) is 23.4 Å². The number of amides is 1. The number of carbonyl (C=O) groups excluding carboxylic acids is 1. The minimum absolute atomic E-state index is 0.108. The van der Waals surface area contributed by atoms with Crippen molar-refractivity contribution in [2.45, 2.75) is 13.0 Å². The van der Waals surface area contributed by atoms with Crippen molar-refractivity contribution in [2.75, 3.05) is 25.5 Å². The third kappa shape index (κ3) is 6.45. The maximum atomic E-state index is 13.5. The summed E-state index contributed by atoms with van der Waals surface area (Å²) in [6, 6.07) is 12.6. The summed E-state index contributed by atoms with van der Waals surface area (Å²) in [5, 5.41) is 9.82. The summed E-state index contributed by atoms with van der Waals surface area (Å²) in [6.07, 6.45) is 0.128. The van der Waals surface area contributed by atoms with Crippen molar-refractivity contribution in [1.82, 2.24) is 15.1 Å². The van der Waals surface area contributed by atoms with Crippen LogP contribution in [0.15, 0.2) is 59.4 Å². The molecule has 1 aromatic heterocycles. The molecular weight excluding hydrogens is 406 g/mol. The molecule has 0 unspecified atom stereocenters. The zero-order valence-electron chi connectivity index (χ0n) is 16.9. The standard InChI is InChI=1S/C22H22F2N4O3/c1-25-8-3-9-31-22(30)26-19-5-2-4-15(10-19)14-28-21(29)7-6-20(27-28)16-11-17(23)13-18(24)12-16/h2,4-7,10-13,25H,3,8-9,14H2,1H3,(H,26,30). The van der Waals surface area contributed by atoms with E-state index in [0.29, 0.717) is 24.3 Å². The fourth-order valence-corrected chi connectivity index (χ4v) is 2.91. The average molecular weight is 428 g/mol. The Morgan fingerprint density at radius 3 is 2.61 bits per heavy atom. The second-order valence-electron chi connectivity index (χ2n) is 6.79. The molecule has 2 N–H and O–H groups in total. The molecule has 0 aliphatic rings. The van der Waals surface area contributed by atoms with Crippen LogP contribution in [0.25, 0.3) is 11.3 Å². The summed E-state index contributed by atoms with van der Waals surface area (Å²) >= 11 is 0. The van der Waals surface area contributed by atoms with E-state index < -0.39 is 17.7 Å². The van der Waals surface area contributed by atoms with Gasteiger partial charge in [-0.05, 0) is 55.9 Å². The molecule has 1 heterocycles. The lowest BCUT2D eigenvalue weighted by Gasteiger charge is -2.10. The van der Waals surface area contributed by atoms with Crippen LogP contribution in [0.2, 0.25) is 0 Å². The molecule has 3 aromatic rings. The largest absolute Gasteiger partial charge is 0.449 e. The SMILES string of the molecule is CNCCCOC(=O)Nc1cccc(Cn2nc(-c3cc(F)cc(F)c3)ccc2=O)c1. The molecule has 9 heteroatoms. The number of nitrogens with zero attached hydrogens (tertiary/aromatic N) is 2. The number of ether oxygens (including phenoxy) is 1. The van der Waals surface area contributed by atoms with E-state index in [1.54, 1.807) is 24.3 Å². The number of hydrogen-bond donors (Lipinski definition) is 2. The van der Waals surface area contributed by atoms with Gasteiger partial charge in [0, 0.05) is 23.4 Å². The highest BCUT2D eigenvalue weighted by Gasteiger charge is 2.09. The third-order valence-electron chi connectivity index (χ3n) is 4.33. The van der Waals surface area contributed by atoms with Gasteiger partial charge in [0.1, 0.15) is 11.6 Å². The van der Waals surface area contributed by atoms with Crippen molar-refractivity contribution in [3.8, 4) is 11.3 Å². The van der Waals surface area contributed by atoms with Crippen molar-refractivity contribution < 1.29 is 18.3 Å². The van der Waals surface area contributed by atoms with E-state index in [1.165, 1.54) is 16.8 Å². The molecule has 0 saturated carbocycles. The summed E-state index contributed by atoms with van der Waals surface area (Å²) in [7, 11) is 1.82. The van der Waals surface area contributed by atoms with E-state index in [4.69, 9.17) is 4.74 Å². The van der Waals surface area contributed by atoms with Gasteiger partial charge in [-0.2, -0.15) is 5.10 Å². The lowest BCUT2D eigenvalue weighted by Crippen LogP contribution is -2.23. The smallest absolute Gasteiger partial charge is 0.411 e. The Morgan fingerprint density at radius 1 is 1.10 bits per heavy atom. The first-order chi connectivity index (χ1) is 14.9. The van der Waals surface area contributed by atoms with Gasteiger partial charge in [-0.25, -0.2) is 18.3 Å². The number of carbonyl (C=O) groups is 1. The Morgan fingerprint density at radius 2 is 1.87 bits per heavy atom. The van der Waals surface area contributed by atoms with Gasteiger partial charge in [-0.1, -0.05) is 12.1 Å². The first-order valence-corrected chi connectivity index (χ1v) is 9.66. The van der Waals surface area contributed by atoms with E-state index >= 15 is 0 Å². The normalized spacial score (nSPS) is 10.7. The van der Waals surface area contributed by atoms with E-state index in [2.05, 4.69) is 15.7 Å². The molecule has 0 atom stereocenters. The van der Waals surface area contributed by atoms with Gasteiger partial charge in [-0.3, -0.25) is 10.1 Å². The summed E-state index contributed by atoms with van der Waals surface area (Å²) in [5.74, 6) is -1.46. The Hall–Kier alpha value is -3.59. The highest BCUT2D eigenvalue weighted by atomic mass is 19.1. The molecule has 1 amide bonds. The van der Waals surface area contributed by atoms with Gasteiger partial charge in [0.15, 0.2) is 0 Å². The van der Waals surface area contributed by atoms with Gasteiger partial charge in [0.2, 0.25) is 0 Å². The Balaban J connectivity index is 1.73. The predicted octanol–water partition coefficient (Wildman–Crippen LogP) is 3.39. The first kappa shape index (κ1) is 22.1. The number of hydrogen-bond acceptors (Lipinski definition) is 5. The van der Waals surface area contributed by atoms with Crippen LogP contribution in [0.5, 0.6) is 0 Å². The summed E-state index contributed by atoms with van der Waals surface area (Å²) < 4.78 is 33.3. The van der Waals surface area contributed by atoms with Crippen LogP contribution in [-0.4, -0.2) is 36.1 Å². The summed E-state index contributed by atoms with van der Waals surface area (Å²) in [5.41, 5.74) is 1.32. The summed E-state index contributed by atoms with van der Waals surface area (Å²) in [6.45, 7) is 1.14. The van der Waals surface area contributed by atoms with Crippen LogP contribution >= 0.6 is 0 Å². The molecule has 31 heavy (non-hydrogen) atoms. The lowest BCUT2D eigenvalue weighted by molar-refractivity contribution is 0.160. The fraction of sp³-hybridized carbons (Fsp3) is 0.227. The molecule has 3 rings (SSSR count). The number of nitrogens with one attached hydrogen (secondary N) is 2. The average Bonchev–Trinajstić information content (AvgIpc) is 2.72. The van der Waals surface area contributed by atoms with Crippen LogP contribution < -0.4 is 16.2 Å². The van der Waals surface area contributed by atoms with Gasteiger partial charge in [0.05, 0.1) is 18.8 Å². The van der Waals surface area contributed by atoms with Gasteiger partial charge < -0.3 is 10.1 Å². The van der Waals surface area contributed by atoms with Crippen molar-refractivity contribution in [1.29, 1.82) is 0 Å². The molecule has 0 aliphatic carbocycles. The van der Waals surface area contributed by atoms with Gasteiger partial charge in [-0.15, -0.1) is 0 Å². The molecule has 0 bridgehead atoms. The maximum absolute atomic E-state index is 13.5. The number of anilines is 1. The third-order valence-corrected chi connectivity index (χ3v) is 4.33. The predicted molar refractivity (Wildman–Crippen MR) is 113 cm³/mol. The maximum Gasteiger partial charge on any atom is 0.411 e. The fourth-order valence-electron chi connectivity index (χ4n) is 2.91. The van der Waals surface area contributed by atoms with E-state index in [1.807, 2.05) is 7.05 Å². The molecule has 0 spiro atoms. The number of rotatable bonds is 8. The van der Waals surface area contributed by atoms with Gasteiger partial charge in [0.25, 0.3) is 5.56 Å². The van der Waals surface area contributed by atoms with Crippen molar-refractivity contribution in [3.63, 3.8) is 0 Å². The highest BCUT2D eigenvalue weighted by Crippen LogP contribution is 2.19. The Labute approximate surface area is 177 Å². The Kier molecular flexibility index (Phi) is 7.45. The molecule has 0 radical (unpaired) electrons. The quantitative estimate of drug-likeness (QED) is 0.537. The topological polar surface area (TPSA) is 85.2 Å². The molecule has 0 fully saturated rings. The van der Waals surface area contributed by atoms with E-state index in [0.717, 1.165) is 24.7 Å². The lowest BCUT2D eigenvalue weighted by atomic mass is 10.1. The molecular formula is C22H22F2N4O3. The summed E-state index contributed by atoms with van der Waals surface area (Å²) in [4.78, 5) is 24.1. The van der Waals surface area contributed by atoms with Crippen LogP contribution in [0.4, 0.5) is 19.3 Å². The molecule has 0 saturated heterocycles. The molecule has 2 aromatic carbocycles. The second-order valence-corrected chi connectivity index (χ2v) is 6.79. The van der Waals surface area contributed by atoms with E-state index in [9.17, 15) is 18.4 Å². The zero-order chi connectivity index (χ0) is 22.2. The monoisotopic (exact) mass is 428 g/mol. The molecule has 0 aliphatic heterocycles. The van der Waals surface area contributed by atoms with Gasteiger partial charge >= 0.3 is 6.09 Å². The van der Waals surface area contributed by atoms with Crippen LogP contribution in [0, 0.1) is 11.6 Å². The number of benzene rings is 2. The van der Waals surface area contributed by atoms with Crippen LogP contribution in [0.3, 0.4) is 0 Å². The van der Waals surface area contributed by atoms with Crippen molar-refractivity contribution in [2.24, 2.45) is 0 Å². The number of aromatic nitrogens is 2. The molecule has 7 nitrogen and oxygen atoms in total. The van der Waals surface area contributed by atoms with Crippen molar-refractivity contribution in [3.05, 3.63) is 82.1 Å². The van der Waals surface area contributed by atoms with Crippen LogP contribution in [-0.2, 0) is 11.3 Å². The first-order valence-electron chi connectivity index (χ1n) is 9.66.